The van der Waals surface area contributed by atoms with E-state index in [9.17, 15) is 22.4 Å². The molecule has 0 atom stereocenters. The molecule has 1 amide bonds. The van der Waals surface area contributed by atoms with Crippen molar-refractivity contribution in [2.45, 2.75) is 6.61 Å². The molecule has 0 aliphatic rings. The van der Waals surface area contributed by atoms with Crippen molar-refractivity contribution in [3.8, 4) is 17.2 Å². The van der Waals surface area contributed by atoms with Gasteiger partial charge in [0.25, 0.3) is 5.91 Å². The number of hydrazone groups is 1. The number of hydrogen-bond donors (Lipinski definition) is 1. The van der Waals surface area contributed by atoms with Gasteiger partial charge in [0.1, 0.15) is 18.1 Å². The molecule has 3 aromatic rings. The molecule has 0 saturated heterocycles. The average Bonchev–Trinajstić information content (AvgIpc) is 2.83. The summed E-state index contributed by atoms with van der Waals surface area (Å²) in [6.45, 7) is -0.459. The van der Waals surface area contributed by atoms with E-state index in [1.54, 1.807) is 30.3 Å². The molecule has 0 radical (unpaired) electrons. The molecule has 172 valence electrons. The number of methoxy groups -OCH3 is 2. The molecular weight excluding hydrogens is 444 g/mol. The predicted molar refractivity (Wildman–Crippen MR) is 112 cm³/mol. The van der Waals surface area contributed by atoms with E-state index < -0.39 is 41.5 Å². The molecule has 1 N–H and O–H groups in total. The van der Waals surface area contributed by atoms with Crippen LogP contribution in [0.5, 0.6) is 17.2 Å². The second-order valence-electron chi connectivity index (χ2n) is 6.58. The molecule has 0 spiro atoms. The topological polar surface area (TPSA) is 69.2 Å². The molecule has 3 rings (SSSR count). The molecule has 0 bridgehead atoms. The highest BCUT2D eigenvalue weighted by Gasteiger charge is 2.21. The quantitative estimate of drug-likeness (QED) is 0.230. The first kappa shape index (κ1) is 23.6. The smallest absolute Gasteiger partial charge is 0.271 e. The molecular formula is C23H18F4N2O4. The van der Waals surface area contributed by atoms with Crippen LogP contribution >= 0.6 is 0 Å². The summed E-state index contributed by atoms with van der Waals surface area (Å²) >= 11 is 0. The molecule has 33 heavy (non-hydrogen) atoms. The Labute approximate surface area is 186 Å². The van der Waals surface area contributed by atoms with Crippen molar-refractivity contribution in [3.05, 3.63) is 88.5 Å². The minimum Gasteiger partial charge on any atom is -0.497 e. The van der Waals surface area contributed by atoms with E-state index >= 15 is 0 Å². The molecule has 0 heterocycles. The Morgan fingerprint density at radius 1 is 0.939 bits per heavy atom. The first-order valence-corrected chi connectivity index (χ1v) is 9.44. The second kappa shape index (κ2) is 10.5. The number of carbonyl (C=O) groups excluding carboxylic acids is 1. The van der Waals surface area contributed by atoms with Crippen LogP contribution in [0.1, 0.15) is 21.5 Å². The third-order valence-corrected chi connectivity index (χ3v) is 4.48. The minimum absolute atomic E-state index is 0.0927. The summed E-state index contributed by atoms with van der Waals surface area (Å²) in [5.41, 5.74) is 3.52. The van der Waals surface area contributed by atoms with Crippen LogP contribution < -0.4 is 19.6 Å². The van der Waals surface area contributed by atoms with Crippen molar-refractivity contribution in [3.63, 3.8) is 0 Å². The lowest BCUT2D eigenvalue weighted by Crippen LogP contribution is -2.17. The second-order valence-corrected chi connectivity index (χ2v) is 6.58. The summed E-state index contributed by atoms with van der Waals surface area (Å²) in [5.74, 6) is -7.19. The standard InChI is InChI=1S/C23H18F4N2O4/c1-31-16-6-4-14(5-7-16)23(30)29-28-11-13-3-8-19(32-2)15(9-13)12-33-22-20(26)17(24)10-18(25)21(22)27/h3-11H,12H2,1-2H3,(H,29,30)/b28-11-. The zero-order valence-electron chi connectivity index (χ0n) is 17.5. The van der Waals surface area contributed by atoms with Crippen LogP contribution in [0.15, 0.2) is 53.6 Å². The first-order chi connectivity index (χ1) is 15.8. The third-order valence-electron chi connectivity index (χ3n) is 4.48. The van der Waals surface area contributed by atoms with Gasteiger partial charge in [0.2, 0.25) is 11.6 Å². The number of carbonyl (C=O) groups is 1. The SMILES string of the molecule is COc1ccc(C(=O)N/N=C\c2ccc(OC)c(COc3c(F)c(F)cc(F)c3F)c2)cc1. The van der Waals surface area contributed by atoms with Crippen molar-refractivity contribution in [2.75, 3.05) is 14.2 Å². The highest BCUT2D eigenvalue weighted by atomic mass is 19.2. The van der Waals surface area contributed by atoms with Gasteiger partial charge in [0, 0.05) is 17.2 Å². The Kier molecular flexibility index (Phi) is 7.50. The number of benzene rings is 3. The first-order valence-electron chi connectivity index (χ1n) is 9.44. The number of hydrogen-bond acceptors (Lipinski definition) is 5. The summed E-state index contributed by atoms with van der Waals surface area (Å²) in [7, 11) is 2.88. The Balaban J connectivity index is 1.72. The summed E-state index contributed by atoms with van der Waals surface area (Å²) in [4.78, 5) is 12.1. The molecule has 0 aromatic heterocycles. The van der Waals surface area contributed by atoms with E-state index in [0.29, 0.717) is 28.2 Å². The molecule has 3 aromatic carbocycles. The summed E-state index contributed by atoms with van der Waals surface area (Å²) in [5, 5.41) is 3.87. The van der Waals surface area contributed by atoms with Crippen LogP contribution in [-0.2, 0) is 6.61 Å². The van der Waals surface area contributed by atoms with E-state index in [0.717, 1.165) is 0 Å². The number of rotatable bonds is 8. The number of nitrogens with zero attached hydrogens (tertiary/aromatic N) is 1. The normalized spacial score (nSPS) is 10.8. The van der Waals surface area contributed by atoms with Crippen LogP contribution in [0.2, 0.25) is 0 Å². The molecule has 10 heteroatoms. The fraction of sp³-hybridized carbons (Fsp3) is 0.130. The minimum atomic E-state index is -1.65. The van der Waals surface area contributed by atoms with Crippen molar-refractivity contribution in [1.82, 2.24) is 5.43 Å². The van der Waals surface area contributed by atoms with E-state index in [-0.39, 0.29) is 6.07 Å². The third kappa shape index (κ3) is 5.59. The number of ether oxygens (including phenoxy) is 3. The van der Waals surface area contributed by atoms with E-state index in [4.69, 9.17) is 14.2 Å². The summed E-state index contributed by atoms with van der Waals surface area (Å²) in [6, 6.07) is 11.1. The van der Waals surface area contributed by atoms with Crippen molar-refractivity contribution < 1.29 is 36.6 Å². The van der Waals surface area contributed by atoms with Crippen molar-refractivity contribution in [1.29, 1.82) is 0 Å². The monoisotopic (exact) mass is 462 g/mol. The number of nitrogens with one attached hydrogen (secondary N) is 1. The fourth-order valence-electron chi connectivity index (χ4n) is 2.79. The van der Waals surface area contributed by atoms with Crippen LogP contribution in [0.3, 0.4) is 0 Å². The molecule has 0 aliphatic carbocycles. The van der Waals surface area contributed by atoms with Gasteiger partial charge in [-0.05, 0) is 48.0 Å². The van der Waals surface area contributed by atoms with Crippen LogP contribution in [-0.4, -0.2) is 26.3 Å². The highest BCUT2D eigenvalue weighted by Crippen LogP contribution is 2.28. The van der Waals surface area contributed by atoms with E-state index in [1.807, 2.05) is 0 Å². The van der Waals surface area contributed by atoms with Gasteiger partial charge in [-0.1, -0.05) is 0 Å². The molecule has 0 aliphatic heterocycles. The van der Waals surface area contributed by atoms with Gasteiger partial charge >= 0.3 is 0 Å². The maximum absolute atomic E-state index is 13.8. The largest absolute Gasteiger partial charge is 0.497 e. The Bertz CT molecular complexity index is 1160. The van der Waals surface area contributed by atoms with E-state index in [2.05, 4.69) is 10.5 Å². The summed E-state index contributed by atoms with van der Waals surface area (Å²) in [6.07, 6.45) is 1.33. The maximum atomic E-state index is 13.8. The van der Waals surface area contributed by atoms with Gasteiger partial charge in [0.15, 0.2) is 17.4 Å². The van der Waals surface area contributed by atoms with Gasteiger partial charge in [-0.15, -0.1) is 0 Å². The lowest BCUT2D eigenvalue weighted by atomic mass is 10.1. The van der Waals surface area contributed by atoms with Gasteiger partial charge in [0.05, 0.1) is 20.4 Å². The molecule has 0 saturated carbocycles. The summed E-state index contributed by atoms with van der Waals surface area (Å²) < 4.78 is 69.6. The predicted octanol–water partition coefficient (Wildman–Crippen LogP) is 4.60. The average molecular weight is 462 g/mol. The zero-order valence-corrected chi connectivity index (χ0v) is 17.5. The van der Waals surface area contributed by atoms with Crippen molar-refractivity contribution >= 4 is 12.1 Å². The van der Waals surface area contributed by atoms with Crippen molar-refractivity contribution in [2.24, 2.45) is 5.10 Å². The Hall–Kier alpha value is -4.08. The molecule has 6 nitrogen and oxygen atoms in total. The Morgan fingerprint density at radius 2 is 1.61 bits per heavy atom. The maximum Gasteiger partial charge on any atom is 0.271 e. The lowest BCUT2D eigenvalue weighted by Gasteiger charge is -2.12. The van der Waals surface area contributed by atoms with E-state index in [1.165, 1.54) is 32.6 Å². The fourth-order valence-corrected chi connectivity index (χ4v) is 2.79. The van der Waals surface area contributed by atoms with Gasteiger partial charge in [-0.2, -0.15) is 13.9 Å². The van der Waals surface area contributed by atoms with Crippen LogP contribution in [0.25, 0.3) is 0 Å². The van der Waals surface area contributed by atoms with Crippen LogP contribution in [0, 0.1) is 23.3 Å². The highest BCUT2D eigenvalue weighted by molar-refractivity contribution is 5.95. The Morgan fingerprint density at radius 3 is 2.21 bits per heavy atom. The number of amides is 1. The van der Waals surface area contributed by atoms with Gasteiger partial charge in [-0.25, -0.2) is 14.2 Å². The van der Waals surface area contributed by atoms with Gasteiger partial charge in [-0.3, -0.25) is 4.79 Å². The lowest BCUT2D eigenvalue weighted by molar-refractivity contribution is 0.0955. The van der Waals surface area contributed by atoms with Crippen LogP contribution in [0.4, 0.5) is 17.6 Å². The zero-order chi connectivity index (χ0) is 24.0. The molecule has 0 unspecified atom stereocenters. The van der Waals surface area contributed by atoms with Gasteiger partial charge < -0.3 is 14.2 Å². The number of halogens is 4. The molecule has 0 fully saturated rings.